The number of aryl methyl sites for hydroxylation is 1. The number of benzene rings is 2. The first-order chi connectivity index (χ1) is 10.3. The van der Waals surface area contributed by atoms with Crippen LogP contribution >= 0.6 is 0 Å². The molecule has 1 aliphatic heterocycles. The summed E-state index contributed by atoms with van der Waals surface area (Å²) < 4.78 is 22.5. The standard InChI is InChI=1S/C16H14N2O3S/c1-10-2-7-15-13(8-10)14(16(19)18-15)9-11-3-5-12(6-4-11)22(17,20)21/h2-9H,1H3,(H,18,19)(H2,17,20,21)/b14-9+. The van der Waals surface area contributed by atoms with Crippen LogP contribution in [0.15, 0.2) is 47.4 Å². The van der Waals surface area contributed by atoms with Crippen molar-refractivity contribution in [1.29, 1.82) is 0 Å². The molecule has 1 amide bonds. The van der Waals surface area contributed by atoms with Crippen molar-refractivity contribution in [2.45, 2.75) is 11.8 Å². The summed E-state index contributed by atoms with van der Waals surface area (Å²) in [7, 11) is -3.71. The fraction of sp³-hybridized carbons (Fsp3) is 0.0625. The van der Waals surface area contributed by atoms with E-state index in [9.17, 15) is 13.2 Å². The molecule has 0 saturated carbocycles. The van der Waals surface area contributed by atoms with E-state index in [0.29, 0.717) is 5.57 Å². The molecule has 2 aromatic carbocycles. The predicted octanol–water partition coefficient (Wildman–Crippen LogP) is 2.14. The van der Waals surface area contributed by atoms with Crippen molar-refractivity contribution in [3.8, 4) is 0 Å². The molecule has 112 valence electrons. The highest BCUT2D eigenvalue weighted by Crippen LogP contribution is 2.33. The quantitative estimate of drug-likeness (QED) is 0.832. The van der Waals surface area contributed by atoms with Crippen LogP contribution in [0, 0.1) is 6.92 Å². The Bertz CT molecular complexity index is 897. The minimum absolute atomic E-state index is 0.0433. The van der Waals surface area contributed by atoms with E-state index < -0.39 is 10.0 Å². The van der Waals surface area contributed by atoms with Crippen LogP contribution in [0.3, 0.4) is 0 Å². The van der Waals surface area contributed by atoms with Gasteiger partial charge in [-0.2, -0.15) is 0 Å². The van der Waals surface area contributed by atoms with Gasteiger partial charge in [0.1, 0.15) is 0 Å². The molecule has 0 bridgehead atoms. The molecule has 2 aromatic rings. The highest BCUT2D eigenvalue weighted by Gasteiger charge is 2.23. The molecule has 6 heteroatoms. The lowest BCUT2D eigenvalue weighted by molar-refractivity contribution is -0.110. The van der Waals surface area contributed by atoms with Gasteiger partial charge in [-0.3, -0.25) is 4.79 Å². The molecule has 1 heterocycles. The van der Waals surface area contributed by atoms with Crippen LogP contribution in [0.4, 0.5) is 5.69 Å². The Morgan fingerprint density at radius 1 is 1.09 bits per heavy atom. The number of hydrogen-bond acceptors (Lipinski definition) is 3. The van der Waals surface area contributed by atoms with Crippen LogP contribution in [0.2, 0.25) is 0 Å². The number of hydrogen-bond donors (Lipinski definition) is 2. The third kappa shape index (κ3) is 2.66. The molecule has 0 aliphatic carbocycles. The maximum atomic E-state index is 12.1. The summed E-state index contributed by atoms with van der Waals surface area (Å²) >= 11 is 0. The summed E-state index contributed by atoms with van der Waals surface area (Å²) in [4.78, 5) is 12.1. The SMILES string of the molecule is Cc1ccc2c(c1)/C(=C\c1ccc(S(N)(=O)=O)cc1)C(=O)N2. The fourth-order valence-electron chi connectivity index (χ4n) is 2.37. The molecule has 3 N–H and O–H groups in total. The molecule has 5 nitrogen and oxygen atoms in total. The number of carbonyl (C=O) groups is 1. The van der Waals surface area contributed by atoms with Crippen molar-refractivity contribution >= 4 is 33.3 Å². The monoisotopic (exact) mass is 314 g/mol. The van der Waals surface area contributed by atoms with Crippen LogP contribution in [0.5, 0.6) is 0 Å². The number of nitrogens with one attached hydrogen (secondary N) is 1. The van der Waals surface area contributed by atoms with E-state index in [4.69, 9.17) is 5.14 Å². The Balaban J connectivity index is 2.03. The predicted molar refractivity (Wildman–Crippen MR) is 85.5 cm³/mol. The summed E-state index contributed by atoms with van der Waals surface area (Å²) in [6.45, 7) is 1.96. The van der Waals surface area contributed by atoms with E-state index in [2.05, 4.69) is 5.32 Å². The third-order valence-corrected chi connectivity index (χ3v) is 4.41. The number of anilines is 1. The molecule has 0 atom stereocenters. The van der Waals surface area contributed by atoms with Gasteiger partial charge in [-0.15, -0.1) is 0 Å². The maximum Gasteiger partial charge on any atom is 0.256 e. The molecule has 0 unspecified atom stereocenters. The molecular formula is C16H14N2O3S. The molecule has 0 saturated heterocycles. The zero-order valence-electron chi connectivity index (χ0n) is 11.8. The zero-order chi connectivity index (χ0) is 15.9. The molecular weight excluding hydrogens is 300 g/mol. The largest absolute Gasteiger partial charge is 0.321 e. The van der Waals surface area contributed by atoms with E-state index in [0.717, 1.165) is 22.4 Å². The minimum atomic E-state index is -3.71. The minimum Gasteiger partial charge on any atom is -0.321 e. The number of nitrogens with two attached hydrogens (primary N) is 1. The van der Waals surface area contributed by atoms with E-state index in [1.54, 1.807) is 18.2 Å². The van der Waals surface area contributed by atoms with Crippen molar-refractivity contribution in [2.24, 2.45) is 5.14 Å². The Labute approximate surface area is 128 Å². The topological polar surface area (TPSA) is 89.3 Å². The van der Waals surface area contributed by atoms with Gasteiger partial charge in [0.05, 0.1) is 4.90 Å². The van der Waals surface area contributed by atoms with Crippen LogP contribution in [0.1, 0.15) is 16.7 Å². The van der Waals surface area contributed by atoms with Crippen molar-refractivity contribution in [1.82, 2.24) is 0 Å². The Hall–Kier alpha value is -2.44. The number of primary sulfonamides is 1. The van der Waals surface area contributed by atoms with Crippen molar-refractivity contribution in [2.75, 3.05) is 5.32 Å². The van der Waals surface area contributed by atoms with Gasteiger partial charge < -0.3 is 5.32 Å². The Kier molecular flexibility index (Phi) is 3.35. The average Bonchev–Trinajstić information content (AvgIpc) is 2.75. The average molecular weight is 314 g/mol. The van der Waals surface area contributed by atoms with Crippen molar-refractivity contribution < 1.29 is 13.2 Å². The number of rotatable bonds is 2. The smallest absolute Gasteiger partial charge is 0.256 e. The van der Waals surface area contributed by atoms with Crippen molar-refractivity contribution in [3.63, 3.8) is 0 Å². The molecule has 0 radical (unpaired) electrons. The zero-order valence-corrected chi connectivity index (χ0v) is 12.6. The van der Waals surface area contributed by atoms with Crippen LogP contribution in [-0.2, 0) is 14.8 Å². The van der Waals surface area contributed by atoms with Crippen LogP contribution in [-0.4, -0.2) is 14.3 Å². The summed E-state index contributed by atoms with van der Waals surface area (Å²) in [6.07, 6.45) is 1.73. The lowest BCUT2D eigenvalue weighted by Gasteiger charge is -2.02. The van der Waals surface area contributed by atoms with Gasteiger partial charge >= 0.3 is 0 Å². The summed E-state index contributed by atoms with van der Waals surface area (Å²) in [5, 5.41) is 7.87. The first-order valence-electron chi connectivity index (χ1n) is 6.61. The number of fused-ring (bicyclic) bond motifs is 1. The first-order valence-corrected chi connectivity index (χ1v) is 8.16. The molecule has 22 heavy (non-hydrogen) atoms. The van der Waals surface area contributed by atoms with E-state index >= 15 is 0 Å². The van der Waals surface area contributed by atoms with Gasteiger partial charge in [0.15, 0.2) is 0 Å². The van der Waals surface area contributed by atoms with Gasteiger partial charge in [-0.1, -0.05) is 23.8 Å². The van der Waals surface area contributed by atoms with E-state index in [1.165, 1.54) is 12.1 Å². The molecule has 0 aromatic heterocycles. The lowest BCUT2D eigenvalue weighted by atomic mass is 10.0. The second-order valence-corrected chi connectivity index (χ2v) is 6.74. The Morgan fingerprint density at radius 2 is 1.77 bits per heavy atom. The number of sulfonamides is 1. The highest BCUT2D eigenvalue weighted by molar-refractivity contribution is 7.89. The highest BCUT2D eigenvalue weighted by atomic mass is 32.2. The molecule has 1 aliphatic rings. The first kappa shape index (κ1) is 14.5. The summed E-state index contributed by atoms with van der Waals surface area (Å²) in [6, 6.07) is 11.8. The third-order valence-electron chi connectivity index (χ3n) is 3.48. The van der Waals surface area contributed by atoms with Crippen molar-refractivity contribution in [3.05, 3.63) is 59.2 Å². The summed E-state index contributed by atoms with van der Waals surface area (Å²) in [5.74, 6) is -0.170. The second-order valence-electron chi connectivity index (χ2n) is 5.18. The number of carbonyl (C=O) groups excluding carboxylic acids is 1. The van der Waals surface area contributed by atoms with Crippen LogP contribution in [0.25, 0.3) is 11.6 Å². The Morgan fingerprint density at radius 3 is 2.41 bits per heavy atom. The van der Waals surface area contributed by atoms with E-state index in [1.807, 2.05) is 25.1 Å². The molecule has 3 rings (SSSR count). The van der Waals surface area contributed by atoms with Gasteiger partial charge in [0.2, 0.25) is 10.0 Å². The molecule has 0 fully saturated rings. The van der Waals surface area contributed by atoms with Gasteiger partial charge in [0.25, 0.3) is 5.91 Å². The van der Waals surface area contributed by atoms with Crippen LogP contribution < -0.4 is 10.5 Å². The van der Waals surface area contributed by atoms with Gasteiger partial charge in [-0.05, 0) is 42.8 Å². The second kappa shape index (κ2) is 5.08. The fourth-order valence-corrected chi connectivity index (χ4v) is 2.88. The number of amides is 1. The maximum absolute atomic E-state index is 12.1. The summed E-state index contributed by atoms with van der Waals surface area (Å²) in [5.41, 5.74) is 3.98. The van der Waals surface area contributed by atoms with E-state index in [-0.39, 0.29) is 10.8 Å². The van der Waals surface area contributed by atoms with Gasteiger partial charge in [0, 0.05) is 16.8 Å². The molecule has 0 spiro atoms. The van der Waals surface area contributed by atoms with Gasteiger partial charge in [-0.25, -0.2) is 13.6 Å². The lowest BCUT2D eigenvalue weighted by Crippen LogP contribution is -2.11. The normalized spacial score (nSPS) is 15.7.